The minimum atomic E-state index is -0.133. The highest BCUT2D eigenvalue weighted by Gasteiger charge is 2.18. The monoisotopic (exact) mass is 388 g/mol. The first kappa shape index (κ1) is 17.9. The van der Waals surface area contributed by atoms with Crippen molar-refractivity contribution < 1.29 is 0 Å². The summed E-state index contributed by atoms with van der Waals surface area (Å²) in [5.74, 6) is 0. The van der Waals surface area contributed by atoms with E-state index in [1.54, 1.807) is 6.07 Å². The van der Waals surface area contributed by atoms with Crippen molar-refractivity contribution in [2.45, 2.75) is 6.92 Å². The molecule has 0 saturated heterocycles. The van der Waals surface area contributed by atoms with E-state index in [1.165, 1.54) is 11.3 Å². The number of thiophene rings is 1. The Morgan fingerprint density at radius 3 is 2.68 bits per heavy atom. The van der Waals surface area contributed by atoms with Gasteiger partial charge < -0.3 is 9.88 Å². The van der Waals surface area contributed by atoms with Crippen molar-refractivity contribution in [2.24, 2.45) is 5.18 Å². The van der Waals surface area contributed by atoms with E-state index in [0.29, 0.717) is 21.5 Å². The van der Waals surface area contributed by atoms with E-state index in [0.717, 1.165) is 27.6 Å². The zero-order valence-corrected chi connectivity index (χ0v) is 16.1. The van der Waals surface area contributed by atoms with Crippen LogP contribution in [0.25, 0.3) is 32.1 Å². The van der Waals surface area contributed by atoms with Gasteiger partial charge in [-0.1, -0.05) is 12.1 Å². The van der Waals surface area contributed by atoms with Crippen LogP contribution in [-0.2, 0) is 0 Å². The average molecular weight is 388 g/mol. The summed E-state index contributed by atoms with van der Waals surface area (Å²) in [5, 5.41) is 15.7. The largest absolute Gasteiger partial charge is 0.361 e. The molecule has 28 heavy (non-hydrogen) atoms. The minimum Gasteiger partial charge on any atom is -0.361 e. The van der Waals surface area contributed by atoms with Gasteiger partial charge in [0.1, 0.15) is 16.9 Å². The molecule has 0 aliphatic rings. The van der Waals surface area contributed by atoms with Crippen LogP contribution in [0.3, 0.4) is 0 Å². The number of nitroso groups, excluding NO2 is 1. The van der Waals surface area contributed by atoms with Gasteiger partial charge in [0.25, 0.3) is 5.56 Å². The maximum absolute atomic E-state index is 12.4. The lowest BCUT2D eigenvalue weighted by molar-refractivity contribution is 1.04. The Labute approximate surface area is 164 Å². The fourth-order valence-corrected chi connectivity index (χ4v) is 4.32. The van der Waals surface area contributed by atoms with Crippen LogP contribution in [0, 0.1) is 23.2 Å². The maximum atomic E-state index is 12.4. The van der Waals surface area contributed by atoms with E-state index in [2.05, 4.69) is 16.2 Å². The van der Waals surface area contributed by atoms with Gasteiger partial charge in [0.05, 0.1) is 11.6 Å². The quantitative estimate of drug-likeness (QED) is 0.390. The van der Waals surface area contributed by atoms with Crippen LogP contribution < -0.4 is 10.5 Å². The standard InChI is InChI=1S/C21H16N4O2S/c1-12-11-16(24-27)17(13-3-5-14(6-4-13)25(2)9-8-22)18-15-7-10-28-20(15)21(26)23-19(12)18/h3-7,10-11H,9H2,1-2H3,(H,23,26). The number of benzene rings is 2. The minimum absolute atomic E-state index is 0.133. The molecular formula is C21H16N4O2S. The van der Waals surface area contributed by atoms with E-state index < -0.39 is 0 Å². The molecule has 0 atom stereocenters. The number of hydrogen-bond donors (Lipinski definition) is 1. The Balaban J connectivity index is 2.05. The van der Waals surface area contributed by atoms with Gasteiger partial charge in [0.2, 0.25) is 0 Å². The molecule has 0 bridgehead atoms. The van der Waals surface area contributed by atoms with Crippen LogP contribution in [0.15, 0.2) is 51.7 Å². The van der Waals surface area contributed by atoms with Crippen molar-refractivity contribution >= 4 is 43.7 Å². The topological polar surface area (TPSA) is 89.3 Å². The molecule has 4 rings (SSSR count). The van der Waals surface area contributed by atoms with Crippen molar-refractivity contribution in [3.05, 3.63) is 62.6 Å². The summed E-state index contributed by atoms with van der Waals surface area (Å²) in [6.07, 6.45) is 0. The van der Waals surface area contributed by atoms with Crippen molar-refractivity contribution in [1.82, 2.24) is 4.98 Å². The fraction of sp³-hybridized carbons (Fsp3) is 0.143. The van der Waals surface area contributed by atoms with Gasteiger partial charge in [0, 0.05) is 29.1 Å². The van der Waals surface area contributed by atoms with Crippen molar-refractivity contribution in [1.29, 1.82) is 5.26 Å². The van der Waals surface area contributed by atoms with Gasteiger partial charge in [0.15, 0.2) is 0 Å². The number of aryl methyl sites for hydroxylation is 1. The molecule has 138 valence electrons. The van der Waals surface area contributed by atoms with E-state index in [1.807, 2.05) is 54.6 Å². The van der Waals surface area contributed by atoms with Crippen LogP contribution in [0.5, 0.6) is 0 Å². The summed E-state index contributed by atoms with van der Waals surface area (Å²) < 4.78 is 0.626. The predicted molar refractivity (Wildman–Crippen MR) is 114 cm³/mol. The summed E-state index contributed by atoms with van der Waals surface area (Å²) in [4.78, 5) is 28.9. The third-order valence-electron chi connectivity index (χ3n) is 4.89. The molecule has 2 heterocycles. The van der Waals surface area contributed by atoms with Crippen LogP contribution in [0.2, 0.25) is 0 Å². The second-order valence-corrected chi connectivity index (χ2v) is 7.52. The van der Waals surface area contributed by atoms with Crippen molar-refractivity contribution in [3.63, 3.8) is 0 Å². The smallest absolute Gasteiger partial charge is 0.266 e. The highest BCUT2D eigenvalue weighted by molar-refractivity contribution is 7.17. The number of aromatic nitrogens is 1. The van der Waals surface area contributed by atoms with Gasteiger partial charge in [-0.3, -0.25) is 4.79 Å². The molecular weight excluding hydrogens is 372 g/mol. The molecule has 0 aliphatic heterocycles. The Morgan fingerprint density at radius 2 is 2.00 bits per heavy atom. The van der Waals surface area contributed by atoms with Gasteiger partial charge in [-0.15, -0.1) is 16.2 Å². The molecule has 4 aromatic rings. The summed E-state index contributed by atoms with van der Waals surface area (Å²) in [6, 6.07) is 13.4. The third kappa shape index (κ3) is 2.75. The molecule has 0 fully saturated rings. The predicted octanol–water partition coefficient (Wildman–Crippen LogP) is 5.08. The van der Waals surface area contributed by atoms with E-state index in [-0.39, 0.29) is 12.1 Å². The number of aromatic amines is 1. The summed E-state index contributed by atoms with van der Waals surface area (Å²) in [7, 11) is 1.84. The molecule has 2 aromatic carbocycles. The molecule has 0 spiro atoms. The van der Waals surface area contributed by atoms with Gasteiger partial charge in [-0.25, -0.2) is 0 Å². The lowest BCUT2D eigenvalue weighted by atomic mass is 9.94. The Morgan fingerprint density at radius 1 is 1.25 bits per heavy atom. The lowest BCUT2D eigenvalue weighted by Gasteiger charge is -2.17. The number of nitrogens with zero attached hydrogens (tertiary/aromatic N) is 3. The van der Waals surface area contributed by atoms with Crippen LogP contribution in [0.4, 0.5) is 11.4 Å². The first-order chi connectivity index (χ1) is 13.5. The number of pyridine rings is 1. The Hall–Kier alpha value is -3.50. The van der Waals surface area contributed by atoms with Crippen molar-refractivity contribution in [3.8, 4) is 17.2 Å². The molecule has 0 radical (unpaired) electrons. The van der Waals surface area contributed by atoms with E-state index in [9.17, 15) is 9.70 Å². The summed E-state index contributed by atoms with van der Waals surface area (Å²) >= 11 is 1.37. The second-order valence-electron chi connectivity index (χ2n) is 6.61. The van der Waals surface area contributed by atoms with Gasteiger partial charge in [-0.2, -0.15) is 5.26 Å². The zero-order chi connectivity index (χ0) is 19.8. The highest BCUT2D eigenvalue weighted by atomic mass is 32.1. The fourth-order valence-electron chi connectivity index (χ4n) is 3.53. The normalized spacial score (nSPS) is 10.9. The number of nitrogens with one attached hydrogen (secondary N) is 1. The SMILES string of the molecule is Cc1cc(N=O)c(-c2ccc(N(C)CC#N)cc2)c2c1[nH]c(=O)c1sccc12. The molecule has 1 N–H and O–H groups in total. The third-order valence-corrected chi connectivity index (χ3v) is 5.80. The molecule has 0 aliphatic carbocycles. The first-order valence-electron chi connectivity index (χ1n) is 8.64. The maximum Gasteiger partial charge on any atom is 0.266 e. The van der Waals surface area contributed by atoms with Crippen LogP contribution >= 0.6 is 11.3 Å². The summed E-state index contributed by atoms with van der Waals surface area (Å²) in [6.45, 7) is 2.14. The Bertz CT molecular complexity index is 1310. The number of nitriles is 1. The molecule has 0 saturated carbocycles. The number of rotatable bonds is 4. The molecule has 7 heteroatoms. The summed E-state index contributed by atoms with van der Waals surface area (Å²) in [5.41, 5.74) is 4.14. The molecule has 2 aromatic heterocycles. The lowest BCUT2D eigenvalue weighted by Crippen LogP contribution is -2.16. The van der Waals surface area contributed by atoms with Crippen LogP contribution in [-0.4, -0.2) is 18.6 Å². The molecule has 0 unspecified atom stereocenters. The average Bonchev–Trinajstić information content (AvgIpc) is 3.19. The number of anilines is 1. The van der Waals surface area contributed by atoms with Gasteiger partial charge >= 0.3 is 0 Å². The highest BCUT2D eigenvalue weighted by Crippen LogP contribution is 2.42. The van der Waals surface area contributed by atoms with E-state index >= 15 is 0 Å². The van der Waals surface area contributed by atoms with Crippen molar-refractivity contribution in [2.75, 3.05) is 18.5 Å². The van der Waals surface area contributed by atoms with Gasteiger partial charge in [-0.05, 0) is 52.9 Å². The van der Waals surface area contributed by atoms with Crippen LogP contribution in [0.1, 0.15) is 5.56 Å². The molecule has 0 amide bonds. The number of hydrogen-bond acceptors (Lipinski definition) is 6. The van der Waals surface area contributed by atoms with E-state index in [4.69, 9.17) is 5.26 Å². The number of H-pyrrole nitrogens is 1. The first-order valence-corrected chi connectivity index (χ1v) is 9.51. The zero-order valence-electron chi connectivity index (χ0n) is 15.3. The molecule has 6 nitrogen and oxygen atoms in total. The second kappa shape index (κ2) is 6.91. The Kier molecular flexibility index (Phi) is 4.41. The number of fused-ring (bicyclic) bond motifs is 3.